The Morgan fingerprint density at radius 3 is 2.46 bits per heavy atom. The third kappa shape index (κ3) is 3.41. The predicted molar refractivity (Wildman–Crippen MR) is 104 cm³/mol. The molecule has 0 spiro atoms. The molecule has 0 radical (unpaired) electrons. The first-order chi connectivity index (χ1) is 12.6. The minimum absolute atomic E-state index is 0.332. The minimum atomic E-state index is -0.553. The summed E-state index contributed by atoms with van der Waals surface area (Å²) in [6.45, 7) is 0. The maximum Gasteiger partial charge on any atom is 0.408 e. The fourth-order valence-electron chi connectivity index (χ4n) is 3.00. The van der Waals surface area contributed by atoms with Crippen LogP contribution in [0, 0.1) is 9.39 Å². The van der Waals surface area contributed by atoms with Crippen LogP contribution in [0.3, 0.4) is 0 Å². The summed E-state index contributed by atoms with van der Waals surface area (Å²) in [4.78, 5) is 16.3. The second-order valence-corrected chi connectivity index (χ2v) is 7.22. The third-order valence-electron chi connectivity index (χ3n) is 4.29. The zero-order valence-electron chi connectivity index (χ0n) is 13.5. The Morgan fingerprint density at radius 2 is 1.73 bits per heavy atom. The van der Waals surface area contributed by atoms with Crippen LogP contribution in [0.2, 0.25) is 0 Å². The second kappa shape index (κ2) is 7.03. The van der Waals surface area contributed by atoms with Crippen LogP contribution < -0.4 is 5.32 Å². The van der Waals surface area contributed by atoms with E-state index in [1.54, 1.807) is 18.3 Å². The number of benzene rings is 2. The number of nitrogens with zero attached hydrogens (tertiary/aromatic N) is 1. The number of aromatic nitrogens is 1. The molecule has 2 aromatic carbocycles. The lowest BCUT2D eigenvalue weighted by atomic mass is 9.97. The molecule has 3 aromatic rings. The molecule has 1 aliphatic heterocycles. The largest absolute Gasteiger partial charge is 0.439 e. The van der Waals surface area contributed by atoms with Crippen LogP contribution in [0.15, 0.2) is 66.9 Å². The zero-order chi connectivity index (χ0) is 18.1. The van der Waals surface area contributed by atoms with Gasteiger partial charge in [-0.2, -0.15) is 0 Å². The Kier molecular flexibility index (Phi) is 4.58. The van der Waals surface area contributed by atoms with Crippen LogP contribution in [0.25, 0.3) is 11.1 Å². The van der Waals surface area contributed by atoms with Crippen molar-refractivity contribution in [2.45, 2.75) is 12.1 Å². The first-order valence-corrected chi connectivity index (χ1v) is 9.12. The van der Waals surface area contributed by atoms with Gasteiger partial charge in [0.1, 0.15) is 11.9 Å². The number of carbonyl (C=O) groups is 1. The van der Waals surface area contributed by atoms with Crippen molar-refractivity contribution in [3.05, 3.63) is 87.5 Å². The summed E-state index contributed by atoms with van der Waals surface area (Å²) in [5, 5.41) is 2.80. The zero-order valence-corrected chi connectivity index (χ0v) is 15.7. The Bertz CT molecular complexity index is 945. The van der Waals surface area contributed by atoms with E-state index in [9.17, 15) is 9.18 Å². The van der Waals surface area contributed by atoms with Crippen molar-refractivity contribution in [2.75, 3.05) is 0 Å². The van der Waals surface area contributed by atoms with Crippen LogP contribution in [0.5, 0.6) is 0 Å². The van der Waals surface area contributed by atoms with E-state index in [1.165, 1.54) is 12.1 Å². The molecule has 0 aliphatic carbocycles. The molecule has 0 bridgehead atoms. The van der Waals surface area contributed by atoms with Crippen molar-refractivity contribution in [2.24, 2.45) is 0 Å². The van der Waals surface area contributed by atoms with E-state index in [0.29, 0.717) is 5.69 Å². The molecule has 6 heteroatoms. The van der Waals surface area contributed by atoms with E-state index in [1.807, 2.05) is 36.4 Å². The Labute approximate surface area is 163 Å². The van der Waals surface area contributed by atoms with E-state index in [2.05, 4.69) is 32.9 Å². The number of nitrogens with one attached hydrogen (secondary N) is 1. The Morgan fingerprint density at radius 1 is 1.00 bits per heavy atom. The normalized spacial score (nSPS) is 19.1. The highest BCUT2D eigenvalue weighted by Gasteiger charge is 2.37. The van der Waals surface area contributed by atoms with E-state index >= 15 is 0 Å². The molecule has 1 N–H and O–H groups in total. The van der Waals surface area contributed by atoms with E-state index in [4.69, 9.17) is 4.74 Å². The van der Waals surface area contributed by atoms with Crippen molar-refractivity contribution in [3.8, 4) is 11.1 Å². The maximum absolute atomic E-state index is 13.2. The van der Waals surface area contributed by atoms with Gasteiger partial charge in [0.25, 0.3) is 0 Å². The quantitative estimate of drug-likeness (QED) is 0.559. The number of carbonyl (C=O) groups excluding carboxylic acids is 1. The van der Waals surface area contributed by atoms with Crippen LogP contribution in [-0.4, -0.2) is 11.1 Å². The summed E-state index contributed by atoms with van der Waals surface area (Å²) in [6, 6.07) is 17.6. The molecule has 1 aliphatic rings. The number of rotatable bonds is 3. The van der Waals surface area contributed by atoms with Crippen LogP contribution >= 0.6 is 22.6 Å². The standard InChI is InChI=1S/C20H14FIN2O2/c21-15-5-1-13(2-6-15)19-18(24-20(25)26-19)17-11-14(9-10-23-17)12-3-7-16(22)8-4-12/h1-11,18-19H,(H,24,25)/t18-,19-/m0/s1. The van der Waals surface area contributed by atoms with Gasteiger partial charge >= 0.3 is 6.09 Å². The molecular formula is C20H14FIN2O2. The fraction of sp³-hybridized carbons (Fsp3) is 0.100. The van der Waals surface area contributed by atoms with E-state index in [0.717, 1.165) is 20.3 Å². The molecule has 4 nitrogen and oxygen atoms in total. The first kappa shape index (κ1) is 17.0. The number of hydrogen-bond donors (Lipinski definition) is 1. The summed E-state index contributed by atoms with van der Waals surface area (Å²) in [5.74, 6) is -0.332. The molecule has 0 saturated carbocycles. The van der Waals surface area contributed by atoms with Gasteiger partial charge in [-0.3, -0.25) is 4.98 Å². The molecule has 2 heterocycles. The van der Waals surface area contributed by atoms with Gasteiger partial charge in [0.05, 0.1) is 5.69 Å². The molecule has 26 heavy (non-hydrogen) atoms. The summed E-state index contributed by atoms with van der Waals surface area (Å²) in [7, 11) is 0. The predicted octanol–water partition coefficient (Wildman–Crippen LogP) is 5.01. The molecule has 1 amide bonds. The van der Waals surface area contributed by atoms with Crippen LogP contribution in [0.4, 0.5) is 9.18 Å². The minimum Gasteiger partial charge on any atom is -0.439 e. The summed E-state index contributed by atoms with van der Waals surface area (Å²) < 4.78 is 19.8. The Hall–Kier alpha value is -2.48. The van der Waals surface area contributed by atoms with Gasteiger partial charge in [-0.05, 0) is 75.7 Å². The van der Waals surface area contributed by atoms with Crippen LogP contribution in [0.1, 0.15) is 23.4 Å². The molecule has 1 saturated heterocycles. The number of amides is 1. The summed E-state index contributed by atoms with van der Waals surface area (Å²) in [6.07, 6.45) is 0.655. The van der Waals surface area contributed by atoms with E-state index in [-0.39, 0.29) is 5.82 Å². The van der Waals surface area contributed by atoms with Crippen LogP contribution in [-0.2, 0) is 4.74 Å². The van der Waals surface area contributed by atoms with Crippen molar-refractivity contribution >= 4 is 28.7 Å². The molecule has 0 unspecified atom stereocenters. The van der Waals surface area contributed by atoms with Gasteiger partial charge in [-0.25, -0.2) is 9.18 Å². The first-order valence-electron chi connectivity index (χ1n) is 8.05. The fourth-order valence-corrected chi connectivity index (χ4v) is 3.36. The highest BCUT2D eigenvalue weighted by Crippen LogP contribution is 2.37. The van der Waals surface area contributed by atoms with Crippen molar-refractivity contribution < 1.29 is 13.9 Å². The van der Waals surface area contributed by atoms with Gasteiger partial charge in [-0.1, -0.05) is 24.3 Å². The van der Waals surface area contributed by atoms with Crippen molar-refractivity contribution in [3.63, 3.8) is 0 Å². The molecule has 2 atom stereocenters. The lowest BCUT2D eigenvalue weighted by molar-refractivity contribution is 0.132. The highest BCUT2D eigenvalue weighted by atomic mass is 127. The van der Waals surface area contributed by atoms with Gasteiger partial charge in [0, 0.05) is 9.77 Å². The van der Waals surface area contributed by atoms with E-state index < -0.39 is 18.2 Å². The average molecular weight is 460 g/mol. The lowest BCUT2D eigenvalue weighted by Gasteiger charge is -2.17. The van der Waals surface area contributed by atoms with Crippen molar-refractivity contribution in [1.29, 1.82) is 0 Å². The van der Waals surface area contributed by atoms with Crippen molar-refractivity contribution in [1.82, 2.24) is 10.3 Å². The highest BCUT2D eigenvalue weighted by molar-refractivity contribution is 14.1. The molecule has 1 aromatic heterocycles. The monoisotopic (exact) mass is 460 g/mol. The van der Waals surface area contributed by atoms with Gasteiger partial charge in [0.15, 0.2) is 6.10 Å². The van der Waals surface area contributed by atoms with Gasteiger partial charge < -0.3 is 10.1 Å². The SMILES string of the molecule is O=C1N[C@@H](c2cc(-c3ccc(I)cc3)ccn2)[C@H](c2ccc(F)cc2)O1. The second-order valence-electron chi connectivity index (χ2n) is 5.98. The maximum atomic E-state index is 13.2. The molecule has 130 valence electrons. The average Bonchev–Trinajstić information content (AvgIpc) is 3.05. The van der Waals surface area contributed by atoms with Gasteiger partial charge in [-0.15, -0.1) is 0 Å². The third-order valence-corrected chi connectivity index (χ3v) is 5.01. The number of cyclic esters (lactones) is 1. The molecular weight excluding hydrogens is 446 g/mol. The Balaban J connectivity index is 1.69. The number of hydrogen-bond acceptors (Lipinski definition) is 3. The number of ether oxygens (including phenoxy) is 1. The molecule has 1 fully saturated rings. The summed E-state index contributed by atoms with van der Waals surface area (Å²) >= 11 is 2.26. The smallest absolute Gasteiger partial charge is 0.408 e. The number of halogens is 2. The number of alkyl carbamates (subject to hydrolysis) is 1. The topological polar surface area (TPSA) is 51.2 Å². The summed E-state index contributed by atoms with van der Waals surface area (Å²) in [5.41, 5.74) is 3.49. The lowest BCUT2D eigenvalue weighted by Crippen LogP contribution is -2.20. The molecule has 4 rings (SSSR count). The van der Waals surface area contributed by atoms with Gasteiger partial charge in [0.2, 0.25) is 0 Å². The number of pyridine rings is 1.